The molecule has 0 aromatic heterocycles. The van der Waals surface area contributed by atoms with E-state index in [1.165, 1.54) is 24.8 Å². The Hall–Kier alpha value is -1.22. The van der Waals surface area contributed by atoms with Gasteiger partial charge in [0.2, 0.25) is 0 Å². The molecule has 1 aromatic rings. The predicted molar refractivity (Wildman–Crippen MR) is 73.2 cm³/mol. The average Bonchev–Trinajstić information content (AvgIpc) is 2.38. The topological polar surface area (TPSA) is 41.5 Å². The van der Waals surface area contributed by atoms with Crippen molar-refractivity contribution in [2.45, 2.75) is 45.1 Å². The second kappa shape index (κ2) is 6.64. The molecule has 1 aromatic carbocycles. The van der Waals surface area contributed by atoms with Gasteiger partial charge in [-0.2, -0.15) is 0 Å². The zero-order valence-corrected chi connectivity index (χ0v) is 11.1. The summed E-state index contributed by atoms with van der Waals surface area (Å²) in [6.45, 7) is 4.19. The smallest absolute Gasteiger partial charge is 0.126 e. The van der Waals surface area contributed by atoms with Crippen LogP contribution in [0.3, 0.4) is 0 Å². The van der Waals surface area contributed by atoms with E-state index >= 15 is 0 Å². The van der Waals surface area contributed by atoms with Gasteiger partial charge in [-0.05, 0) is 37.4 Å². The lowest BCUT2D eigenvalue weighted by atomic mass is 10.0. The lowest BCUT2D eigenvalue weighted by Gasteiger charge is -2.26. The Morgan fingerprint density at radius 3 is 3.11 bits per heavy atom. The number of aryl methyl sites for hydroxylation is 1. The van der Waals surface area contributed by atoms with E-state index in [4.69, 9.17) is 4.74 Å². The fourth-order valence-corrected chi connectivity index (χ4v) is 2.32. The van der Waals surface area contributed by atoms with E-state index in [0.29, 0.717) is 0 Å². The molecule has 0 aliphatic carbocycles. The fraction of sp³-hybridized carbons (Fsp3) is 0.600. The molecule has 18 heavy (non-hydrogen) atoms. The van der Waals surface area contributed by atoms with Gasteiger partial charge in [0.15, 0.2) is 0 Å². The van der Waals surface area contributed by atoms with Crippen molar-refractivity contribution in [1.29, 1.82) is 0 Å². The molecule has 0 fully saturated rings. The van der Waals surface area contributed by atoms with Crippen LogP contribution in [-0.4, -0.2) is 24.3 Å². The number of phenols is 1. The molecule has 0 saturated heterocycles. The lowest BCUT2D eigenvalue weighted by Crippen LogP contribution is -2.34. The van der Waals surface area contributed by atoms with Gasteiger partial charge < -0.3 is 15.2 Å². The molecule has 1 atom stereocenters. The van der Waals surface area contributed by atoms with Gasteiger partial charge in [0, 0.05) is 12.6 Å². The van der Waals surface area contributed by atoms with E-state index in [-0.39, 0.29) is 11.9 Å². The highest BCUT2D eigenvalue weighted by Crippen LogP contribution is 2.30. The van der Waals surface area contributed by atoms with Gasteiger partial charge in [0.1, 0.15) is 17.6 Å². The summed E-state index contributed by atoms with van der Waals surface area (Å²) in [7, 11) is 0. The summed E-state index contributed by atoms with van der Waals surface area (Å²) in [5.41, 5.74) is 1.20. The first kappa shape index (κ1) is 13.2. The molecular weight excluding hydrogens is 226 g/mol. The summed E-state index contributed by atoms with van der Waals surface area (Å²) in [4.78, 5) is 0. The average molecular weight is 249 g/mol. The molecule has 1 aliphatic heterocycles. The molecule has 3 nitrogen and oxygen atoms in total. The minimum absolute atomic E-state index is 0.237. The molecule has 1 aliphatic rings. The van der Waals surface area contributed by atoms with Crippen LogP contribution < -0.4 is 10.1 Å². The van der Waals surface area contributed by atoms with Crippen LogP contribution >= 0.6 is 0 Å². The van der Waals surface area contributed by atoms with Crippen LogP contribution in [0.5, 0.6) is 11.5 Å². The molecule has 0 saturated carbocycles. The van der Waals surface area contributed by atoms with Crippen LogP contribution in [0.25, 0.3) is 0 Å². The normalized spacial score (nSPS) is 18.2. The number of nitrogens with one attached hydrogen (secondary N) is 1. The van der Waals surface area contributed by atoms with Crippen LogP contribution in [0.15, 0.2) is 18.2 Å². The maximum Gasteiger partial charge on any atom is 0.126 e. The van der Waals surface area contributed by atoms with E-state index in [0.717, 1.165) is 31.7 Å². The van der Waals surface area contributed by atoms with E-state index < -0.39 is 0 Å². The molecule has 0 radical (unpaired) electrons. The highest BCUT2D eigenvalue weighted by molar-refractivity contribution is 5.41. The zero-order chi connectivity index (χ0) is 12.8. The zero-order valence-electron chi connectivity index (χ0n) is 11.1. The number of aromatic hydroxyl groups is 1. The third-order valence-corrected chi connectivity index (χ3v) is 3.41. The molecule has 2 N–H and O–H groups in total. The number of rotatable bonds is 6. The largest absolute Gasteiger partial charge is 0.508 e. The van der Waals surface area contributed by atoms with Gasteiger partial charge in [0.25, 0.3) is 0 Å². The number of fused-ring (bicyclic) bond motifs is 1. The maximum absolute atomic E-state index is 9.45. The first-order chi connectivity index (χ1) is 8.79. The monoisotopic (exact) mass is 249 g/mol. The van der Waals surface area contributed by atoms with Crippen LogP contribution in [0.1, 0.15) is 38.2 Å². The highest BCUT2D eigenvalue weighted by Gasteiger charge is 2.19. The molecule has 0 unspecified atom stereocenters. The standard InChI is InChI=1S/C15H23NO2/c1-2-3-4-9-16-11-14-8-6-12-5-7-13(17)10-15(12)18-14/h5,7,10,14,16-17H,2-4,6,8-9,11H2,1H3/t14-/m1/s1. The second-order valence-corrected chi connectivity index (χ2v) is 4.98. The summed E-state index contributed by atoms with van der Waals surface area (Å²) in [5, 5.41) is 12.9. The number of ether oxygens (including phenoxy) is 1. The van der Waals surface area contributed by atoms with E-state index in [2.05, 4.69) is 12.2 Å². The first-order valence-corrected chi connectivity index (χ1v) is 6.99. The summed E-state index contributed by atoms with van der Waals surface area (Å²) in [5.74, 6) is 1.13. The Balaban J connectivity index is 1.77. The van der Waals surface area contributed by atoms with Crippen molar-refractivity contribution in [3.63, 3.8) is 0 Å². The number of phenolic OH excluding ortho intramolecular Hbond substituents is 1. The van der Waals surface area contributed by atoms with E-state index in [1.807, 2.05) is 6.07 Å². The lowest BCUT2D eigenvalue weighted by molar-refractivity contribution is 0.170. The van der Waals surface area contributed by atoms with Crippen molar-refractivity contribution in [3.8, 4) is 11.5 Å². The Morgan fingerprint density at radius 2 is 2.28 bits per heavy atom. The molecule has 0 spiro atoms. The summed E-state index contributed by atoms with van der Waals surface area (Å²) in [6.07, 6.45) is 6.11. The third kappa shape index (κ3) is 3.64. The van der Waals surface area contributed by atoms with Crippen molar-refractivity contribution in [3.05, 3.63) is 23.8 Å². The minimum Gasteiger partial charge on any atom is -0.508 e. The number of hydrogen-bond acceptors (Lipinski definition) is 3. The van der Waals surface area contributed by atoms with Crippen LogP contribution in [0.4, 0.5) is 0 Å². The van der Waals surface area contributed by atoms with Crippen LogP contribution in [-0.2, 0) is 6.42 Å². The van der Waals surface area contributed by atoms with Gasteiger partial charge in [-0.25, -0.2) is 0 Å². The van der Waals surface area contributed by atoms with Crippen molar-refractivity contribution < 1.29 is 9.84 Å². The Bertz CT molecular complexity index is 379. The van der Waals surface area contributed by atoms with Crippen LogP contribution in [0, 0.1) is 0 Å². The van der Waals surface area contributed by atoms with Gasteiger partial charge >= 0.3 is 0 Å². The minimum atomic E-state index is 0.237. The highest BCUT2D eigenvalue weighted by atomic mass is 16.5. The molecule has 0 bridgehead atoms. The first-order valence-electron chi connectivity index (χ1n) is 6.99. The molecule has 100 valence electrons. The summed E-state index contributed by atoms with van der Waals surface area (Å²) < 4.78 is 5.90. The maximum atomic E-state index is 9.45. The van der Waals surface area contributed by atoms with Gasteiger partial charge in [0.05, 0.1) is 0 Å². The molecular formula is C15H23NO2. The summed E-state index contributed by atoms with van der Waals surface area (Å²) >= 11 is 0. The molecule has 3 heteroatoms. The Labute approximate surface area is 109 Å². The van der Waals surface area contributed by atoms with Crippen molar-refractivity contribution in [1.82, 2.24) is 5.32 Å². The molecule has 1 heterocycles. The van der Waals surface area contributed by atoms with Crippen molar-refractivity contribution >= 4 is 0 Å². The fourth-order valence-electron chi connectivity index (χ4n) is 2.32. The van der Waals surface area contributed by atoms with Crippen LogP contribution in [0.2, 0.25) is 0 Å². The number of benzene rings is 1. The van der Waals surface area contributed by atoms with Gasteiger partial charge in [-0.3, -0.25) is 0 Å². The predicted octanol–water partition coefficient (Wildman–Crippen LogP) is 2.87. The molecule has 2 rings (SSSR count). The quantitative estimate of drug-likeness (QED) is 0.762. The SMILES string of the molecule is CCCCCNC[C@H]1CCc2ccc(O)cc2O1. The third-order valence-electron chi connectivity index (χ3n) is 3.41. The Morgan fingerprint density at radius 1 is 1.39 bits per heavy atom. The Kier molecular flexibility index (Phi) is 4.88. The van der Waals surface area contributed by atoms with Gasteiger partial charge in [-0.15, -0.1) is 0 Å². The number of hydrogen-bond donors (Lipinski definition) is 2. The van der Waals surface area contributed by atoms with Crippen molar-refractivity contribution in [2.75, 3.05) is 13.1 Å². The van der Waals surface area contributed by atoms with Gasteiger partial charge in [-0.1, -0.05) is 25.8 Å². The second-order valence-electron chi connectivity index (χ2n) is 4.98. The van der Waals surface area contributed by atoms with E-state index in [1.54, 1.807) is 12.1 Å². The summed E-state index contributed by atoms with van der Waals surface area (Å²) in [6, 6.07) is 5.40. The molecule has 0 amide bonds. The number of unbranched alkanes of at least 4 members (excludes halogenated alkanes) is 2. The van der Waals surface area contributed by atoms with Crippen molar-refractivity contribution in [2.24, 2.45) is 0 Å². The van der Waals surface area contributed by atoms with E-state index in [9.17, 15) is 5.11 Å².